The van der Waals surface area contributed by atoms with Crippen molar-refractivity contribution in [1.82, 2.24) is 5.32 Å². The normalized spacial score (nSPS) is 10.6. The summed E-state index contributed by atoms with van der Waals surface area (Å²) < 4.78 is 32.2. The molecule has 0 spiro atoms. The van der Waals surface area contributed by atoms with Gasteiger partial charge in [0.15, 0.2) is 5.76 Å². The molecule has 1 heterocycles. The van der Waals surface area contributed by atoms with Gasteiger partial charge in [-0.25, -0.2) is 8.78 Å². The van der Waals surface area contributed by atoms with Gasteiger partial charge in [-0.15, -0.1) is 0 Å². The fourth-order valence-electron chi connectivity index (χ4n) is 2.37. The minimum absolute atomic E-state index is 0.104. The van der Waals surface area contributed by atoms with Crippen LogP contribution in [0, 0.1) is 11.6 Å². The molecular weight excluding hydrogens is 312 g/mol. The van der Waals surface area contributed by atoms with Crippen LogP contribution in [0.25, 0.3) is 11.3 Å². The molecule has 0 fully saturated rings. The lowest BCUT2D eigenvalue weighted by atomic mass is 10.1. The van der Waals surface area contributed by atoms with Crippen molar-refractivity contribution < 1.29 is 18.0 Å². The van der Waals surface area contributed by atoms with Gasteiger partial charge in [0.2, 0.25) is 0 Å². The first kappa shape index (κ1) is 15.9. The standard InChI is InChI=1S/C19H15F2NO2/c20-14-5-3-4-13(12-14)10-11-22-19(23)18-9-8-17(24-18)15-6-1-2-7-16(15)21/h1-9,12H,10-11H2,(H,22,23). The number of hydrogen-bond acceptors (Lipinski definition) is 2. The Balaban J connectivity index is 1.61. The van der Waals surface area contributed by atoms with Gasteiger partial charge >= 0.3 is 0 Å². The van der Waals surface area contributed by atoms with Crippen LogP contribution in [0.15, 0.2) is 65.1 Å². The Morgan fingerprint density at radius 2 is 1.83 bits per heavy atom. The molecule has 1 N–H and O–H groups in total. The highest BCUT2D eigenvalue weighted by molar-refractivity contribution is 5.92. The molecule has 0 aliphatic rings. The maximum atomic E-state index is 13.7. The summed E-state index contributed by atoms with van der Waals surface area (Å²) >= 11 is 0. The number of carbonyl (C=O) groups is 1. The second-order valence-corrected chi connectivity index (χ2v) is 5.28. The second-order valence-electron chi connectivity index (χ2n) is 5.28. The van der Waals surface area contributed by atoms with Crippen molar-refractivity contribution in [3.05, 3.63) is 83.6 Å². The van der Waals surface area contributed by atoms with Crippen LogP contribution in [0.4, 0.5) is 8.78 Å². The lowest BCUT2D eigenvalue weighted by molar-refractivity contribution is 0.0927. The van der Waals surface area contributed by atoms with Crippen LogP contribution >= 0.6 is 0 Å². The van der Waals surface area contributed by atoms with Gasteiger partial charge in [0, 0.05) is 6.54 Å². The van der Waals surface area contributed by atoms with E-state index in [1.54, 1.807) is 36.4 Å². The molecule has 0 saturated heterocycles. The molecule has 0 unspecified atom stereocenters. The van der Waals surface area contributed by atoms with E-state index in [0.717, 1.165) is 5.56 Å². The second kappa shape index (κ2) is 7.08. The summed E-state index contributed by atoms with van der Waals surface area (Å²) in [4.78, 5) is 12.1. The molecule has 0 radical (unpaired) electrons. The van der Waals surface area contributed by atoms with E-state index >= 15 is 0 Å². The Morgan fingerprint density at radius 1 is 1.00 bits per heavy atom. The van der Waals surface area contributed by atoms with E-state index in [1.807, 2.05) is 0 Å². The fourth-order valence-corrected chi connectivity index (χ4v) is 2.37. The van der Waals surface area contributed by atoms with Crippen LogP contribution in [0.1, 0.15) is 16.1 Å². The number of nitrogens with one attached hydrogen (secondary N) is 1. The van der Waals surface area contributed by atoms with E-state index in [9.17, 15) is 13.6 Å². The van der Waals surface area contributed by atoms with Gasteiger partial charge in [0.1, 0.15) is 17.4 Å². The first-order valence-electron chi connectivity index (χ1n) is 7.51. The summed E-state index contributed by atoms with van der Waals surface area (Å²) in [6, 6.07) is 15.5. The number of rotatable bonds is 5. The Hall–Kier alpha value is -2.95. The summed E-state index contributed by atoms with van der Waals surface area (Å²) in [5.74, 6) is -0.714. The van der Waals surface area contributed by atoms with Gasteiger partial charge < -0.3 is 9.73 Å². The molecule has 3 aromatic rings. The third kappa shape index (κ3) is 3.68. The minimum atomic E-state index is -0.412. The third-order valence-electron chi connectivity index (χ3n) is 3.56. The van der Waals surface area contributed by atoms with Crippen molar-refractivity contribution in [2.24, 2.45) is 0 Å². The van der Waals surface area contributed by atoms with Crippen molar-refractivity contribution in [2.75, 3.05) is 6.54 Å². The van der Waals surface area contributed by atoms with E-state index in [0.29, 0.717) is 24.3 Å². The first-order chi connectivity index (χ1) is 11.6. The van der Waals surface area contributed by atoms with Crippen LogP contribution in [-0.2, 0) is 6.42 Å². The van der Waals surface area contributed by atoms with Crippen molar-refractivity contribution in [3.8, 4) is 11.3 Å². The Kier molecular flexibility index (Phi) is 4.70. The van der Waals surface area contributed by atoms with Gasteiger partial charge in [-0.3, -0.25) is 4.79 Å². The van der Waals surface area contributed by atoms with Crippen LogP contribution in [0.5, 0.6) is 0 Å². The molecule has 0 bridgehead atoms. The molecule has 1 amide bonds. The average molecular weight is 327 g/mol. The topological polar surface area (TPSA) is 42.2 Å². The zero-order valence-corrected chi connectivity index (χ0v) is 12.8. The highest BCUT2D eigenvalue weighted by Crippen LogP contribution is 2.24. The van der Waals surface area contributed by atoms with Gasteiger partial charge in [0.05, 0.1) is 5.56 Å². The van der Waals surface area contributed by atoms with E-state index < -0.39 is 11.7 Å². The van der Waals surface area contributed by atoms with E-state index in [-0.39, 0.29) is 11.6 Å². The largest absolute Gasteiger partial charge is 0.451 e. The molecule has 0 saturated carbocycles. The molecule has 0 atom stereocenters. The SMILES string of the molecule is O=C(NCCc1cccc(F)c1)c1ccc(-c2ccccc2F)o1. The average Bonchev–Trinajstić information content (AvgIpc) is 3.05. The van der Waals surface area contributed by atoms with E-state index in [4.69, 9.17) is 4.42 Å². The van der Waals surface area contributed by atoms with E-state index in [2.05, 4.69) is 5.32 Å². The summed E-state index contributed by atoms with van der Waals surface area (Å²) in [6.45, 7) is 0.345. The van der Waals surface area contributed by atoms with E-state index in [1.165, 1.54) is 24.3 Å². The van der Waals surface area contributed by atoms with Crippen LogP contribution < -0.4 is 5.32 Å². The van der Waals surface area contributed by atoms with Crippen LogP contribution in [-0.4, -0.2) is 12.5 Å². The number of hydrogen-bond donors (Lipinski definition) is 1. The zero-order chi connectivity index (χ0) is 16.9. The highest BCUT2D eigenvalue weighted by atomic mass is 19.1. The summed E-state index contributed by atoms with van der Waals surface area (Å²) in [5, 5.41) is 2.70. The number of carbonyl (C=O) groups excluding carboxylic acids is 1. The van der Waals surface area contributed by atoms with Gasteiger partial charge in [-0.2, -0.15) is 0 Å². The van der Waals surface area contributed by atoms with Crippen molar-refractivity contribution in [1.29, 1.82) is 0 Å². The molecule has 122 valence electrons. The molecule has 3 rings (SSSR count). The van der Waals surface area contributed by atoms with Crippen molar-refractivity contribution >= 4 is 5.91 Å². The molecule has 5 heteroatoms. The summed E-state index contributed by atoms with van der Waals surface area (Å²) in [6.07, 6.45) is 0.504. The summed E-state index contributed by atoms with van der Waals surface area (Å²) in [5.41, 5.74) is 1.10. The molecule has 2 aromatic carbocycles. The molecule has 0 aliphatic heterocycles. The van der Waals surface area contributed by atoms with Crippen molar-refractivity contribution in [3.63, 3.8) is 0 Å². The monoisotopic (exact) mass is 327 g/mol. The van der Waals surface area contributed by atoms with Gasteiger partial charge in [-0.1, -0.05) is 24.3 Å². The lowest BCUT2D eigenvalue weighted by Crippen LogP contribution is -2.25. The molecule has 0 aliphatic carbocycles. The maximum absolute atomic E-state index is 13.7. The Morgan fingerprint density at radius 3 is 2.62 bits per heavy atom. The molecule has 24 heavy (non-hydrogen) atoms. The Bertz CT molecular complexity index is 858. The zero-order valence-electron chi connectivity index (χ0n) is 12.8. The quantitative estimate of drug-likeness (QED) is 0.763. The van der Waals surface area contributed by atoms with Crippen LogP contribution in [0.3, 0.4) is 0 Å². The minimum Gasteiger partial charge on any atom is -0.451 e. The molecular formula is C19H15F2NO2. The number of benzene rings is 2. The smallest absolute Gasteiger partial charge is 0.287 e. The Labute approximate surface area is 137 Å². The van der Waals surface area contributed by atoms with Crippen molar-refractivity contribution in [2.45, 2.75) is 6.42 Å². The van der Waals surface area contributed by atoms with Gasteiger partial charge in [0.25, 0.3) is 5.91 Å². The lowest BCUT2D eigenvalue weighted by Gasteiger charge is -2.04. The van der Waals surface area contributed by atoms with Crippen LogP contribution in [0.2, 0.25) is 0 Å². The molecule has 3 nitrogen and oxygen atoms in total. The third-order valence-corrected chi connectivity index (χ3v) is 3.56. The predicted molar refractivity (Wildman–Crippen MR) is 86.5 cm³/mol. The number of amides is 1. The predicted octanol–water partition coefficient (Wildman–Crippen LogP) is 4.20. The number of furan rings is 1. The number of halogens is 2. The summed E-state index contributed by atoms with van der Waals surface area (Å²) in [7, 11) is 0. The molecule has 1 aromatic heterocycles. The fraction of sp³-hybridized carbons (Fsp3) is 0.105. The maximum Gasteiger partial charge on any atom is 0.287 e. The highest BCUT2D eigenvalue weighted by Gasteiger charge is 2.13. The van der Waals surface area contributed by atoms with Gasteiger partial charge in [-0.05, 0) is 48.4 Å². The first-order valence-corrected chi connectivity index (χ1v) is 7.51.